The maximum absolute atomic E-state index is 11.2. The predicted molar refractivity (Wildman–Crippen MR) is 66.3 cm³/mol. The van der Waals surface area contributed by atoms with Gasteiger partial charge in [0.05, 0.1) is 11.9 Å². The first-order valence-electron chi connectivity index (χ1n) is 5.80. The lowest BCUT2D eigenvalue weighted by molar-refractivity contribution is 0.199. The van der Waals surface area contributed by atoms with E-state index in [0.29, 0.717) is 17.5 Å². The average Bonchev–Trinajstić information content (AvgIpc) is 2.78. The largest absolute Gasteiger partial charge is 0.396 e. The van der Waals surface area contributed by atoms with E-state index in [2.05, 4.69) is 15.5 Å². The zero-order valence-corrected chi connectivity index (χ0v) is 10.2. The van der Waals surface area contributed by atoms with Gasteiger partial charge in [0.15, 0.2) is 0 Å². The molecule has 0 saturated heterocycles. The third-order valence-electron chi connectivity index (χ3n) is 3.40. The molecule has 2 unspecified atom stereocenters. The van der Waals surface area contributed by atoms with Gasteiger partial charge in [-0.1, -0.05) is 18.0 Å². The van der Waals surface area contributed by atoms with E-state index in [0.717, 1.165) is 25.8 Å². The fraction of sp³-hybridized carbons (Fsp3) is 0.636. The van der Waals surface area contributed by atoms with Gasteiger partial charge in [0.25, 0.3) is 5.56 Å². The monoisotopic (exact) mass is 257 g/mol. The van der Waals surface area contributed by atoms with E-state index in [-0.39, 0.29) is 17.2 Å². The minimum absolute atomic E-state index is 0.138. The van der Waals surface area contributed by atoms with Crippen molar-refractivity contribution in [2.75, 3.05) is 18.5 Å². The number of aliphatic hydroxyl groups excluding tert-OH is 1. The summed E-state index contributed by atoms with van der Waals surface area (Å²) in [4.78, 5) is 11.2. The molecule has 94 valence electrons. The van der Waals surface area contributed by atoms with Gasteiger partial charge in [-0.25, -0.2) is 5.10 Å². The Morgan fingerprint density at radius 3 is 3.06 bits per heavy atom. The van der Waals surface area contributed by atoms with Gasteiger partial charge in [0.2, 0.25) is 0 Å². The normalized spacial score (nSPS) is 23.9. The number of nitrogens with one attached hydrogen (secondary N) is 2. The summed E-state index contributed by atoms with van der Waals surface area (Å²) in [6.07, 6.45) is 4.84. The predicted octanol–water partition coefficient (Wildman–Crippen LogP) is 1.24. The molecule has 1 aliphatic carbocycles. The molecular weight excluding hydrogens is 242 g/mol. The molecule has 0 aliphatic heterocycles. The van der Waals surface area contributed by atoms with Crippen LogP contribution in [0.15, 0.2) is 11.0 Å². The van der Waals surface area contributed by atoms with Crippen molar-refractivity contribution >= 4 is 17.3 Å². The van der Waals surface area contributed by atoms with Crippen LogP contribution in [0.1, 0.15) is 19.3 Å². The van der Waals surface area contributed by atoms with Crippen molar-refractivity contribution in [2.24, 2.45) is 11.8 Å². The van der Waals surface area contributed by atoms with E-state index in [1.165, 1.54) is 6.20 Å². The summed E-state index contributed by atoms with van der Waals surface area (Å²) in [5.74, 6) is 0.798. The molecule has 0 amide bonds. The number of aromatic nitrogens is 2. The number of aliphatic hydroxyl groups is 1. The summed E-state index contributed by atoms with van der Waals surface area (Å²) >= 11 is 5.85. The smallest absolute Gasteiger partial charge is 0.285 e. The first-order valence-corrected chi connectivity index (χ1v) is 6.18. The number of hydrogen-bond donors (Lipinski definition) is 3. The van der Waals surface area contributed by atoms with Crippen molar-refractivity contribution in [1.82, 2.24) is 10.2 Å². The molecule has 3 N–H and O–H groups in total. The fourth-order valence-electron chi connectivity index (χ4n) is 2.37. The van der Waals surface area contributed by atoms with Crippen LogP contribution in [-0.4, -0.2) is 28.5 Å². The molecule has 0 aromatic carbocycles. The summed E-state index contributed by atoms with van der Waals surface area (Å²) < 4.78 is 0. The maximum atomic E-state index is 11.2. The summed E-state index contributed by atoms with van der Waals surface area (Å²) in [6, 6.07) is 0. The van der Waals surface area contributed by atoms with Gasteiger partial charge in [0, 0.05) is 13.2 Å². The highest BCUT2D eigenvalue weighted by Crippen LogP contribution is 2.31. The fourth-order valence-corrected chi connectivity index (χ4v) is 2.53. The van der Waals surface area contributed by atoms with Gasteiger partial charge in [-0.05, 0) is 24.7 Å². The molecule has 17 heavy (non-hydrogen) atoms. The first-order chi connectivity index (χ1) is 8.22. The number of anilines is 1. The van der Waals surface area contributed by atoms with E-state index >= 15 is 0 Å². The Morgan fingerprint density at radius 1 is 1.53 bits per heavy atom. The van der Waals surface area contributed by atoms with Gasteiger partial charge in [-0.15, -0.1) is 0 Å². The molecular formula is C11H16ClN3O2. The lowest BCUT2D eigenvalue weighted by Gasteiger charge is -2.18. The Kier molecular flexibility index (Phi) is 4.02. The van der Waals surface area contributed by atoms with Crippen molar-refractivity contribution in [2.45, 2.75) is 19.3 Å². The molecule has 5 nitrogen and oxygen atoms in total. The number of nitrogens with zero attached hydrogens (tertiary/aromatic N) is 1. The molecule has 1 aromatic heterocycles. The number of H-pyrrole nitrogens is 1. The zero-order chi connectivity index (χ0) is 12.3. The van der Waals surface area contributed by atoms with Crippen molar-refractivity contribution in [3.8, 4) is 0 Å². The topological polar surface area (TPSA) is 78.0 Å². The highest BCUT2D eigenvalue weighted by molar-refractivity contribution is 6.32. The van der Waals surface area contributed by atoms with Crippen LogP contribution in [0.2, 0.25) is 5.02 Å². The highest BCUT2D eigenvalue weighted by atomic mass is 35.5. The van der Waals surface area contributed by atoms with Gasteiger partial charge >= 0.3 is 0 Å². The summed E-state index contributed by atoms with van der Waals surface area (Å²) in [6.45, 7) is 0.948. The van der Waals surface area contributed by atoms with Crippen LogP contribution in [0.3, 0.4) is 0 Å². The van der Waals surface area contributed by atoms with Crippen molar-refractivity contribution < 1.29 is 5.11 Å². The molecule has 0 bridgehead atoms. The molecule has 1 saturated carbocycles. The number of halogens is 1. The highest BCUT2D eigenvalue weighted by Gasteiger charge is 2.26. The Hall–Kier alpha value is -1.07. The van der Waals surface area contributed by atoms with E-state index in [1.807, 2.05) is 0 Å². The lowest BCUT2D eigenvalue weighted by Crippen LogP contribution is -2.22. The molecule has 2 rings (SSSR count). The van der Waals surface area contributed by atoms with Crippen molar-refractivity contribution in [3.05, 3.63) is 21.6 Å². The van der Waals surface area contributed by atoms with E-state index in [1.54, 1.807) is 0 Å². The van der Waals surface area contributed by atoms with Crippen LogP contribution in [0, 0.1) is 11.8 Å². The summed E-state index contributed by atoms with van der Waals surface area (Å²) in [5.41, 5.74) is 0.167. The first kappa shape index (κ1) is 12.4. The molecule has 1 aromatic rings. The summed E-state index contributed by atoms with van der Waals surface area (Å²) in [5, 5.41) is 18.4. The minimum Gasteiger partial charge on any atom is -0.396 e. The van der Waals surface area contributed by atoms with Crippen LogP contribution < -0.4 is 10.9 Å². The molecule has 0 radical (unpaired) electrons. The van der Waals surface area contributed by atoms with E-state index in [9.17, 15) is 9.90 Å². The minimum atomic E-state index is -0.387. The van der Waals surface area contributed by atoms with Crippen molar-refractivity contribution in [1.29, 1.82) is 0 Å². The van der Waals surface area contributed by atoms with Crippen molar-refractivity contribution in [3.63, 3.8) is 0 Å². The molecule has 2 atom stereocenters. The van der Waals surface area contributed by atoms with Crippen LogP contribution in [-0.2, 0) is 0 Å². The lowest BCUT2D eigenvalue weighted by atomic mass is 9.97. The molecule has 1 heterocycles. The standard InChI is InChI=1S/C11H16ClN3O2/c12-10-9(5-14-15-11(10)17)13-4-7-2-1-3-8(7)6-16/h5,7-8,16H,1-4,6H2,(H2,13,15,17). The van der Waals surface area contributed by atoms with Crippen LogP contribution >= 0.6 is 11.6 Å². The Bertz CT molecular complexity index is 435. The molecule has 1 fully saturated rings. The third kappa shape index (κ3) is 2.79. The Morgan fingerprint density at radius 2 is 2.29 bits per heavy atom. The molecule has 0 spiro atoms. The van der Waals surface area contributed by atoms with E-state index < -0.39 is 0 Å². The maximum Gasteiger partial charge on any atom is 0.285 e. The SMILES string of the molecule is O=c1[nH]ncc(NCC2CCCC2CO)c1Cl. The molecule has 6 heteroatoms. The molecule has 1 aliphatic rings. The quantitative estimate of drug-likeness (QED) is 0.759. The Balaban J connectivity index is 1.98. The zero-order valence-electron chi connectivity index (χ0n) is 9.45. The van der Waals surface area contributed by atoms with Gasteiger partial charge in [-0.3, -0.25) is 4.79 Å². The average molecular weight is 258 g/mol. The van der Waals surface area contributed by atoms with Crippen LogP contribution in [0.25, 0.3) is 0 Å². The second-order valence-electron chi connectivity index (χ2n) is 4.44. The van der Waals surface area contributed by atoms with Crippen LogP contribution in [0.5, 0.6) is 0 Å². The second kappa shape index (κ2) is 5.51. The van der Waals surface area contributed by atoms with Gasteiger partial charge < -0.3 is 10.4 Å². The van der Waals surface area contributed by atoms with Crippen LogP contribution in [0.4, 0.5) is 5.69 Å². The Labute approximate surface area is 104 Å². The van der Waals surface area contributed by atoms with Gasteiger partial charge in [-0.2, -0.15) is 5.10 Å². The number of hydrogen-bond acceptors (Lipinski definition) is 4. The summed E-state index contributed by atoms with van der Waals surface area (Å²) in [7, 11) is 0. The number of aromatic amines is 1. The third-order valence-corrected chi connectivity index (χ3v) is 3.78. The second-order valence-corrected chi connectivity index (χ2v) is 4.82. The van der Waals surface area contributed by atoms with E-state index in [4.69, 9.17) is 11.6 Å². The van der Waals surface area contributed by atoms with Gasteiger partial charge in [0.1, 0.15) is 5.02 Å². The number of rotatable bonds is 4.